The minimum atomic E-state index is -0.565. The molecule has 1 N–H and O–H groups in total. The van der Waals surface area contributed by atoms with Crippen molar-refractivity contribution in [3.05, 3.63) is 76.7 Å². The number of halogens is 1. The quantitative estimate of drug-likeness (QED) is 0.453. The first-order valence-electron chi connectivity index (χ1n) is 8.90. The lowest BCUT2D eigenvalue weighted by Gasteiger charge is -2.05. The van der Waals surface area contributed by atoms with E-state index in [-0.39, 0.29) is 19.0 Å². The molecule has 1 aliphatic heterocycles. The zero-order valence-corrected chi connectivity index (χ0v) is 16.3. The van der Waals surface area contributed by atoms with Gasteiger partial charge >= 0.3 is 0 Å². The Morgan fingerprint density at radius 1 is 1.17 bits per heavy atom. The van der Waals surface area contributed by atoms with Crippen molar-refractivity contribution in [2.75, 3.05) is 12.1 Å². The van der Waals surface area contributed by atoms with Crippen LogP contribution in [0.3, 0.4) is 0 Å². The highest BCUT2D eigenvalue weighted by Crippen LogP contribution is 2.34. The Hall–Kier alpha value is -3.89. The van der Waals surface area contributed by atoms with E-state index in [1.165, 1.54) is 6.08 Å². The summed E-state index contributed by atoms with van der Waals surface area (Å²) in [5.74, 6) is 2.07. The molecule has 0 aliphatic carbocycles. The van der Waals surface area contributed by atoms with Gasteiger partial charge in [0.25, 0.3) is 5.91 Å². The number of hydrogen-bond acceptors (Lipinski definition) is 6. The highest BCUT2D eigenvalue weighted by Gasteiger charge is 2.16. The van der Waals surface area contributed by atoms with Crippen LogP contribution in [-0.2, 0) is 11.4 Å². The molecule has 1 aromatic heterocycles. The molecule has 0 fully saturated rings. The Bertz CT molecular complexity index is 1160. The smallest absolute Gasteiger partial charge is 0.266 e. The summed E-state index contributed by atoms with van der Waals surface area (Å²) in [5, 5.41) is 12.6. The van der Waals surface area contributed by atoms with E-state index < -0.39 is 5.91 Å². The summed E-state index contributed by atoms with van der Waals surface area (Å²) in [5.41, 5.74) is 0.379. The summed E-state index contributed by atoms with van der Waals surface area (Å²) < 4.78 is 21.8. The number of fused-ring (bicyclic) bond motifs is 1. The molecule has 1 amide bonds. The molecule has 7 nitrogen and oxygen atoms in total. The highest BCUT2D eigenvalue weighted by atomic mass is 35.5. The maximum absolute atomic E-state index is 12.4. The molecule has 0 atom stereocenters. The zero-order valence-electron chi connectivity index (χ0n) is 15.6. The lowest BCUT2D eigenvalue weighted by Crippen LogP contribution is -2.13. The lowest BCUT2D eigenvalue weighted by atomic mass is 10.2. The van der Waals surface area contributed by atoms with Crippen molar-refractivity contribution in [3.63, 3.8) is 0 Å². The standard InChI is InChI=1S/C22H15ClN2O5/c23-15-2-1-3-17(9-15)27-12-19-6-5-18(30-19)8-14(11-24)22(26)25-16-4-7-20-21(10-16)29-13-28-20/h1-10H,12-13H2,(H,25,26)/b14-8+. The maximum Gasteiger partial charge on any atom is 0.266 e. The summed E-state index contributed by atoms with van der Waals surface area (Å²) >= 11 is 5.93. The number of furan rings is 1. The molecule has 0 saturated carbocycles. The van der Waals surface area contributed by atoms with Crippen LogP contribution in [0.5, 0.6) is 17.2 Å². The first-order chi connectivity index (χ1) is 14.6. The number of carbonyl (C=O) groups excluding carboxylic acids is 1. The van der Waals surface area contributed by atoms with E-state index in [2.05, 4.69) is 5.32 Å². The van der Waals surface area contributed by atoms with Crippen LogP contribution >= 0.6 is 11.6 Å². The maximum atomic E-state index is 12.4. The summed E-state index contributed by atoms with van der Waals surface area (Å²) in [7, 11) is 0. The number of hydrogen-bond donors (Lipinski definition) is 1. The third-order valence-electron chi connectivity index (χ3n) is 4.14. The summed E-state index contributed by atoms with van der Waals surface area (Å²) in [6, 6.07) is 17.2. The predicted molar refractivity (Wildman–Crippen MR) is 109 cm³/mol. The highest BCUT2D eigenvalue weighted by molar-refractivity contribution is 6.30. The van der Waals surface area contributed by atoms with E-state index in [0.717, 1.165) is 0 Å². The Labute approximate surface area is 177 Å². The number of carbonyl (C=O) groups is 1. The van der Waals surface area contributed by atoms with Gasteiger partial charge in [0.2, 0.25) is 6.79 Å². The first-order valence-corrected chi connectivity index (χ1v) is 9.28. The van der Waals surface area contributed by atoms with Gasteiger partial charge in [0.15, 0.2) is 11.5 Å². The number of anilines is 1. The lowest BCUT2D eigenvalue weighted by molar-refractivity contribution is -0.112. The molecule has 0 unspecified atom stereocenters. The van der Waals surface area contributed by atoms with E-state index in [1.807, 2.05) is 6.07 Å². The van der Waals surface area contributed by atoms with Gasteiger partial charge in [0, 0.05) is 22.9 Å². The molecule has 2 heterocycles. The van der Waals surface area contributed by atoms with Gasteiger partial charge in [0.05, 0.1) is 0 Å². The second-order valence-electron chi connectivity index (χ2n) is 6.24. The number of rotatable bonds is 6. The first kappa shape index (κ1) is 19.4. The molecule has 2 aromatic carbocycles. The molecular weight excluding hydrogens is 408 g/mol. The van der Waals surface area contributed by atoms with E-state index >= 15 is 0 Å². The van der Waals surface area contributed by atoms with Gasteiger partial charge in [-0.25, -0.2) is 0 Å². The third-order valence-corrected chi connectivity index (χ3v) is 4.38. The SMILES string of the molecule is N#C/C(=C\c1ccc(COc2cccc(Cl)c2)o1)C(=O)Nc1ccc2c(c1)OCO2. The number of nitrogens with zero attached hydrogens (tertiary/aromatic N) is 1. The van der Waals surface area contributed by atoms with Gasteiger partial charge < -0.3 is 23.9 Å². The average molecular weight is 423 g/mol. The second kappa shape index (κ2) is 8.64. The molecule has 4 rings (SSSR count). The van der Waals surface area contributed by atoms with Crippen LogP contribution in [-0.4, -0.2) is 12.7 Å². The molecule has 30 heavy (non-hydrogen) atoms. The minimum absolute atomic E-state index is 0.107. The van der Waals surface area contributed by atoms with Crippen LogP contribution in [0.25, 0.3) is 6.08 Å². The van der Waals surface area contributed by atoms with Gasteiger partial charge in [-0.05, 0) is 42.5 Å². The molecule has 0 bridgehead atoms. The van der Waals surface area contributed by atoms with Gasteiger partial charge in [-0.15, -0.1) is 0 Å². The Morgan fingerprint density at radius 2 is 2.03 bits per heavy atom. The molecule has 8 heteroatoms. The minimum Gasteiger partial charge on any atom is -0.486 e. The van der Waals surface area contributed by atoms with Crippen molar-refractivity contribution in [3.8, 4) is 23.3 Å². The largest absolute Gasteiger partial charge is 0.486 e. The van der Waals surface area contributed by atoms with Crippen LogP contribution in [0.2, 0.25) is 5.02 Å². The monoisotopic (exact) mass is 422 g/mol. The van der Waals surface area contributed by atoms with Crippen molar-refractivity contribution in [1.29, 1.82) is 5.26 Å². The Kier molecular flexibility index (Phi) is 5.59. The van der Waals surface area contributed by atoms with Crippen LogP contribution in [0.15, 0.2) is 64.6 Å². The topological polar surface area (TPSA) is 93.7 Å². The van der Waals surface area contributed by atoms with Crippen LogP contribution in [0, 0.1) is 11.3 Å². The summed E-state index contributed by atoms with van der Waals surface area (Å²) in [6.45, 7) is 0.317. The van der Waals surface area contributed by atoms with Crippen molar-refractivity contribution < 1.29 is 23.4 Å². The van der Waals surface area contributed by atoms with Gasteiger partial charge in [-0.2, -0.15) is 5.26 Å². The predicted octanol–water partition coefficient (Wildman–Crippen LogP) is 4.79. The zero-order chi connectivity index (χ0) is 20.9. The molecule has 3 aromatic rings. The van der Waals surface area contributed by atoms with Crippen LogP contribution in [0.1, 0.15) is 11.5 Å². The second-order valence-corrected chi connectivity index (χ2v) is 6.68. The van der Waals surface area contributed by atoms with E-state index in [0.29, 0.717) is 39.5 Å². The fraction of sp³-hybridized carbons (Fsp3) is 0.0909. The number of benzene rings is 2. The fourth-order valence-electron chi connectivity index (χ4n) is 2.72. The molecule has 150 valence electrons. The van der Waals surface area contributed by atoms with E-state index in [9.17, 15) is 10.1 Å². The van der Waals surface area contributed by atoms with Gasteiger partial charge in [-0.3, -0.25) is 4.79 Å². The number of nitrogens with one attached hydrogen (secondary N) is 1. The van der Waals surface area contributed by atoms with E-state index in [4.69, 9.17) is 30.2 Å². The molecule has 0 spiro atoms. The number of ether oxygens (including phenoxy) is 3. The van der Waals surface area contributed by atoms with Gasteiger partial charge in [0.1, 0.15) is 35.5 Å². The van der Waals surface area contributed by atoms with E-state index in [1.54, 1.807) is 54.6 Å². The molecule has 0 saturated heterocycles. The van der Waals surface area contributed by atoms with Gasteiger partial charge in [-0.1, -0.05) is 17.7 Å². The van der Waals surface area contributed by atoms with Crippen LogP contribution in [0.4, 0.5) is 5.69 Å². The molecular formula is C22H15ClN2O5. The number of amides is 1. The molecule has 0 radical (unpaired) electrons. The molecule has 1 aliphatic rings. The Balaban J connectivity index is 1.41. The van der Waals surface area contributed by atoms with Crippen molar-refractivity contribution in [2.45, 2.75) is 6.61 Å². The summed E-state index contributed by atoms with van der Waals surface area (Å²) in [6.07, 6.45) is 1.37. The fourth-order valence-corrected chi connectivity index (χ4v) is 2.90. The normalized spacial score (nSPS) is 12.3. The average Bonchev–Trinajstić information content (AvgIpc) is 3.39. The Morgan fingerprint density at radius 3 is 2.87 bits per heavy atom. The van der Waals surface area contributed by atoms with Crippen LogP contribution < -0.4 is 19.5 Å². The van der Waals surface area contributed by atoms with Crippen molar-refractivity contribution in [1.82, 2.24) is 0 Å². The third kappa shape index (κ3) is 4.57. The number of nitriles is 1. The van der Waals surface area contributed by atoms with Crippen molar-refractivity contribution >= 4 is 29.3 Å². The van der Waals surface area contributed by atoms with Crippen molar-refractivity contribution in [2.24, 2.45) is 0 Å². The summed E-state index contributed by atoms with van der Waals surface area (Å²) in [4.78, 5) is 12.4.